The van der Waals surface area contributed by atoms with Crippen LogP contribution >= 0.6 is 0 Å². The van der Waals surface area contributed by atoms with Crippen molar-refractivity contribution in [1.29, 1.82) is 0 Å². The summed E-state index contributed by atoms with van der Waals surface area (Å²) in [5.74, 6) is 0.927. The first kappa shape index (κ1) is 14.5. The topological polar surface area (TPSA) is 92.1 Å². The summed E-state index contributed by atoms with van der Waals surface area (Å²) in [4.78, 5) is 6.94. The summed E-state index contributed by atoms with van der Waals surface area (Å²) in [6.07, 6.45) is 3.71. The Bertz CT molecular complexity index is 526. The van der Waals surface area contributed by atoms with Crippen LogP contribution in [0.1, 0.15) is 32.5 Å². The zero-order valence-electron chi connectivity index (χ0n) is 11.5. The molecule has 0 aliphatic carbocycles. The Balaban J connectivity index is 2.20. The minimum Gasteiger partial charge on any atom is -0.332 e. The highest BCUT2D eigenvalue weighted by Crippen LogP contribution is 2.24. The average molecular weight is 286 g/mol. The van der Waals surface area contributed by atoms with Crippen molar-refractivity contribution in [3.63, 3.8) is 0 Å². The van der Waals surface area contributed by atoms with Gasteiger partial charge in [0.2, 0.25) is 0 Å². The van der Waals surface area contributed by atoms with Gasteiger partial charge < -0.3 is 10.7 Å². The van der Waals surface area contributed by atoms with E-state index in [1.165, 1.54) is 10.5 Å². The summed E-state index contributed by atoms with van der Waals surface area (Å²) < 4.78 is 26.5. The van der Waals surface area contributed by atoms with Gasteiger partial charge in [0.15, 0.2) is 5.03 Å². The number of rotatable bonds is 4. The lowest BCUT2D eigenvalue weighted by Crippen LogP contribution is -2.48. The molecule has 6 nitrogen and oxygen atoms in total. The average Bonchev–Trinajstić information content (AvgIpc) is 2.88. The van der Waals surface area contributed by atoms with Crippen LogP contribution in [0.15, 0.2) is 11.2 Å². The van der Waals surface area contributed by atoms with Crippen molar-refractivity contribution in [2.75, 3.05) is 13.1 Å². The van der Waals surface area contributed by atoms with Gasteiger partial charge in [0.05, 0.1) is 6.20 Å². The fraction of sp³-hybridized carbons (Fsp3) is 0.750. The normalized spacial score (nSPS) is 25.6. The number of hydrogen-bond donors (Lipinski definition) is 2. The second kappa shape index (κ2) is 5.60. The number of aryl methyl sites for hydroxylation is 1. The second-order valence-corrected chi connectivity index (χ2v) is 6.94. The van der Waals surface area contributed by atoms with Crippen LogP contribution in [0.5, 0.6) is 0 Å². The molecule has 0 radical (unpaired) electrons. The smallest absolute Gasteiger partial charge is 0.260 e. The lowest BCUT2D eigenvalue weighted by molar-refractivity contribution is 0.230. The molecule has 0 saturated carbocycles. The Labute approximate surface area is 114 Å². The molecule has 2 atom stereocenters. The van der Waals surface area contributed by atoms with E-state index in [2.05, 4.69) is 9.97 Å². The number of sulfonamides is 1. The van der Waals surface area contributed by atoms with E-state index in [0.717, 1.165) is 6.42 Å². The summed E-state index contributed by atoms with van der Waals surface area (Å²) in [6, 6.07) is 0.101. The molecule has 3 N–H and O–H groups in total. The van der Waals surface area contributed by atoms with E-state index in [1.807, 2.05) is 13.8 Å². The number of nitrogens with one attached hydrogen (secondary N) is 1. The van der Waals surface area contributed by atoms with E-state index < -0.39 is 10.0 Å². The molecule has 0 spiro atoms. The molecule has 1 fully saturated rings. The molecule has 2 rings (SSSR count). The van der Waals surface area contributed by atoms with Gasteiger partial charge in [0.25, 0.3) is 10.0 Å². The Morgan fingerprint density at radius 3 is 2.84 bits per heavy atom. The lowest BCUT2D eigenvalue weighted by atomic mass is 9.92. The molecular weight excluding hydrogens is 264 g/mol. The fourth-order valence-corrected chi connectivity index (χ4v) is 3.90. The standard InChI is InChI=1S/C12H22N4O2S/c1-3-9-8-16(6-5-10(9)13)19(17,18)12-7-14-11(4-2)15-12/h7,9-10H,3-6,8,13H2,1-2H3,(H,14,15). The summed E-state index contributed by atoms with van der Waals surface area (Å²) in [7, 11) is -3.46. The van der Waals surface area contributed by atoms with Gasteiger partial charge in [-0.3, -0.25) is 0 Å². The number of imidazole rings is 1. The summed E-state index contributed by atoms with van der Waals surface area (Å²) >= 11 is 0. The Morgan fingerprint density at radius 2 is 2.26 bits per heavy atom. The zero-order valence-corrected chi connectivity index (χ0v) is 12.3. The third-order valence-corrected chi connectivity index (χ3v) is 5.61. The molecule has 0 aromatic carbocycles. The van der Waals surface area contributed by atoms with E-state index in [9.17, 15) is 8.42 Å². The number of nitrogens with two attached hydrogens (primary N) is 1. The maximum atomic E-state index is 12.5. The maximum absolute atomic E-state index is 12.5. The fourth-order valence-electron chi connectivity index (χ4n) is 2.46. The van der Waals surface area contributed by atoms with Gasteiger partial charge in [-0.15, -0.1) is 0 Å². The predicted octanol–water partition coefficient (Wildman–Crippen LogP) is 0.720. The Kier molecular flexibility index (Phi) is 4.27. The molecule has 1 saturated heterocycles. The summed E-state index contributed by atoms with van der Waals surface area (Å²) in [6.45, 7) is 4.97. The van der Waals surface area contributed by atoms with E-state index in [1.54, 1.807) is 0 Å². The third kappa shape index (κ3) is 2.82. The van der Waals surface area contributed by atoms with Crippen molar-refractivity contribution in [2.24, 2.45) is 11.7 Å². The quantitative estimate of drug-likeness (QED) is 0.853. The molecule has 1 aromatic rings. The molecule has 2 unspecified atom stereocenters. The molecule has 19 heavy (non-hydrogen) atoms. The number of piperidine rings is 1. The van der Waals surface area contributed by atoms with Gasteiger partial charge in [-0.2, -0.15) is 4.31 Å². The number of nitrogens with zero attached hydrogens (tertiary/aromatic N) is 2. The molecule has 1 aromatic heterocycles. The minimum absolute atomic E-state index is 0.101. The van der Waals surface area contributed by atoms with Crippen molar-refractivity contribution in [3.8, 4) is 0 Å². The summed E-state index contributed by atoms with van der Waals surface area (Å²) in [5, 5.41) is 0.190. The van der Waals surface area contributed by atoms with Crippen molar-refractivity contribution in [1.82, 2.24) is 14.3 Å². The first-order valence-corrected chi connectivity index (χ1v) is 8.22. The van der Waals surface area contributed by atoms with Crippen LogP contribution in [-0.4, -0.2) is 41.8 Å². The molecule has 7 heteroatoms. The third-order valence-electron chi connectivity index (χ3n) is 3.84. The van der Waals surface area contributed by atoms with Gasteiger partial charge in [-0.1, -0.05) is 20.3 Å². The van der Waals surface area contributed by atoms with Crippen molar-refractivity contribution in [2.45, 2.75) is 44.2 Å². The van der Waals surface area contributed by atoms with Crippen molar-refractivity contribution in [3.05, 3.63) is 12.0 Å². The van der Waals surface area contributed by atoms with Crippen LogP contribution in [-0.2, 0) is 16.4 Å². The van der Waals surface area contributed by atoms with Gasteiger partial charge >= 0.3 is 0 Å². The first-order valence-electron chi connectivity index (χ1n) is 6.78. The molecule has 1 aliphatic heterocycles. The predicted molar refractivity (Wildman–Crippen MR) is 73.1 cm³/mol. The molecule has 1 aliphatic rings. The van der Waals surface area contributed by atoms with Crippen molar-refractivity contribution >= 4 is 10.0 Å². The maximum Gasteiger partial charge on any atom is 0.260 e. The van der Waals surface area contributed by atoms with Gasteiger partial charge in [-0.25, -0.2) is 13.4 Å². The van der Waals surface area contributed by atoms with Crippen molar-refractivity contribution < 1.29 is 8.42 Å². The molecule has 2 heterocycles. The highest BCUT2D eigenvalue weighted by Gasteiger charge is 2.34. The molecule has 0 bridgehead atoms. The molecular formula is C12H22N4O2S. The highest BCUT2D eigenvalue weighted by molar-refractivity contribution is 7.89. The SMILES string of the molecule is CCc1ncc(S(=O)(=O)N2CCC(N)C(CC)C2)[nH]1. The van der Waals surface area contributed by atoms with E-state index >= 15 is 0 Å². The highest BCUT2D eigenvalue weighted by atomic mass is 32.2. The van der Waals surface area contributed by atoms with E-state index in [-0.39, 0.29) is 17.0 Å². The second-order valence-electron chi connectivity index (χ2n) is 5.03. The van der Waals surface area contributed by atoms with Crippen LogP contribution < -0.4 is 5.73 Å². The monoisotopic (exact) mass is 286 g/mol. The molecule has 0 amide bonds. The van der Waals surface area contributed by atoms with Gasteiger partial charge in [0, 0.05) is 25.6 Å². The molecule has 108 valence electrons. The number of aromatic amines is 1. The first-order chi connectivity index (χ1) is 8.98. The number of aromatic nitrogens is 2. The summed E-state index contributed by atoms with van der Waals surface area (Å²) in [5.41, 5.74) is 6.02. The van der Waals surface area contributed by atoms with Crippen LogP contribution in [0.2, 0.25) is 0 Å². The van der Waals surface area contributed by atoms with Gasteiger partial charge in [-0.05, 0) is 12.3 Å². The van der Waals surface area contributed by atoms with Crippen LogP contribution in [0.4, 0.5) is 0 Å². The Hall–Kier alpha value is -0.920. The largest absolute Gasteiger partial charge is 0.332 e. The number of H-pyrrole nitrogens is 1. The minimum atomic E-state index is -3.46. The number of hydrogen-bond acceptors (Lipinski definition) is 4. The van der Waals surface area contributed by atoms with Crippen LogP contribution in [0.25, 0.3) is 0 Å². The van der Waals surface area contributed by atoms with Crippen LogP contribution in [0, 0.1) is 5.92 Å². The van der Waals surface area contributed by atoms with E-state index in [0.29, 0.717) is 31.8 Å². The lowest BCUT2D eigenvalue weighted by Gasteiger charge is -2.35. The zero-order chi connectivity index (χ0) is 14.0. The Morgan fingerprint density at radius 1 is 1.53 bits per heavy atom. The van der Waals surface area contributed by atoms with Gasteiger partial charge in [0.1, 0.15) is 5.82 Å². The van der Waals surface area contributed by atoms with E-state index in [4.69, 9.17) is 5.73 Å². The van der Waals surface area contributed by atoms with Crippen LogP contribution in [0.3, 0.4) is 0 Å².